The molecule has 1 N–H and O–H groups in total. The molecule has 0 bridgehead atoms. The van der Waals surface area contributed by atoms with E-state index in [1.807, 2.05) is 28.8 Å². The van der Waals surface area contributed by atoms with Gasteiger partial charge in [-0.15, -0.1) is 0 Å². The molecule has 7 nitrogen and oxygen atoms in total. The summed E-state index contributed by atoms with van der Waals surface area (Å²) in [5, 5.41) is 15.2. The maximum Gasteiger partial charge on any atom is 0.159 e. The topological polar surface area (TPSA) is 70.3 Å². The van der Waals surface area contributed by atoms with E-state index in [9.17, 15) is 5.11 Å². The first-order valence-electron chi connectivity index (χ1n) is 11.1. The Morgan fingerprint density at radius 1 is 1.10 bits per heavy atom. The highest BCUT2D eigenvalue weighted by Gasteiger charge is 2.31. The number of nitrogens with zero attached hydrogens (tertiary/aromatic N) is 6. The number of hydrogen-bond acceptors (Lipinski definition) is 6. The molecule has 2 fully saturated rings. The van der Waals surface area contributed by atoms with Crippen LogP contribution in [-0.4, -0.2) is 74.8 Å². The minimum absolute atomic E-state index is 0.0965. The van der Waals surface area contributed by atoms with Gasteiger partial charge in [-0.1, -0.05) is 6.92 Å². The number of piperidine rings is 1. The second kappa shape index (κ2) is 7.84. The second-order valence-corrected chi connectivity index (χ2v) is 8.82. The molecule has 2 atom stereocenters. The van der Waals surface area contributed by atoms with Crippen molar-refractivity contribution < 1.29 is 9.50 Å². The Kier molecular flexibility index (Phi) is 5.14. The molecule has 2 aromatic heterocycles. The number of benzene rings is 1. The predicted molar refractivity (Wildman–Crippen MR) is 119 cm³/mol. The van der Waals surface area contributed by atoms with Crippen LogP contribution < -0.4 is 4.90 Å². The summed E-state index contributed by atoms with van der Waals surface area (Å²) in [6.45, 7) is 9.47. The van der Waals surface area contributed by atoms with Gasteiger partial charge in [0.2, 0.25) is 0 Å². The molecule has 0 saturated carbocycles. The lowest BCUT2D eigenvalue weighted by Crippen LogP contribution is -2.51. The molecule has 5 rings (SSSR count). The first-order chi connectivity index (χ1) is 14.9. The third kappa shape index (κ3) is 3.68. The number of likely N-dealkylation sites (tertiary alicyclic amines) is 1. The highest BCUT2D eigenvalue weighted by Crippen LogP contribution is 2.35. The number of halogens is 1. The lowest BCUT2D eigenvalue weighted by Gasteiger charge is -2.37. The first kappa shape index (κ1) is 20.3. The zero-order valence-electron chi connectivity index (χ0n) is 18.3. The van der Waals surface area contributed by atoms with Crippen molar-refractivity contribution in [3.8, 4) is 5.82 Å². The predicted octanol–water partition coefficient (Wildman–Crippen LogP) is 2.76. The first-order valence-corrected chi connectivity index (χ1v) is 11.1. The number of alkyl halides is 1. The number of anilines is 1. The monoisotopic (exact) mass is 424 g/mol. The van der Waals surface area contributed by atoms with Crippen LogP contribution in [0, 0.1) is 13.8 Å². The number of rotatable bonds is 4. The molecule has 0 amide bonds. The smallest absolute Gasteiger partial charge is 0.159 e. The van der Waals surface area contributed by atoms with Crippen molar-refractivity contribution in [2.75, 3.05) is 37.6 Å². The summed E-state index contributed by atoms with van der Waals surface area (Å²) in [6, 6.07) is 6.11. The van der Waals surface area contributed by atoms with E-state index in [0.29, 0.717) is 31.3 Å². The molecule has 1 aromatic carbocycles. The van der Waals surface area contributed by atoms with Crippen molar-refractivity contribution in [2.45, 2.75) is 45.4 Å². The van der Waals surface area contributed by atoms with Crippen LogP contribution in [-0.2, 0) is 0 Å². The van der Waals surface area contributed by atoms with Gasteiger partial charge in [0.25, 0.3) is 0 Å². The summed E-state index contributed by atoms with van der Waals surface area (Å²) in [7, 11) is 0. The van der Waals surface area contributed by atoms with Gasteiger partial charge in [0, 0.05) is 37.0 Å². The average molecular weight is 425 g/mol. The largest absolute Gasteiger partial charge is 0.389 e. The highest BCUT2D eigenvalue weighted by molar-refractivity contribution is 5.82. The van der Waals surface area contributed by atoms with Gasteiger partial charge in [0.15, 0.2) is 5.82 Å². The number of β-amino-alcohol motifs (C(OH)–C–C–N with tert-alkyl or cyclic N) is 1. The van der Waals surface area contributed by atoms with E-state index in [4.69, 9.17) is 0 Å². The standard InChI is InChI=1S/C23H29FN6O/c1-4-28-6-5-18(20(24)13-28)19-8-21-16(7-14(19)2)10-25-30(21)23-9-22(26-15(3)27-23)29-11-17(31)12-29/h7-10,17-18,20,31H,4-6,11-13H2,1-3H3/t18-,20-/m0/s1. The Bertz CT molecular complexity index is 1110. The fourth-order valence-electron chi connectivity index (χ4n) is 4.84. The number of aromatic nitrogens is 4. The summed E-state index contributed by atoms with van der Waals surface area (Å²) >= 11 is 0. The maximum atomic E-state index is 15.1. The average Bonchev–Trinajstić information content (AvgIpc) is 3.13. The fraction of sp³-hybridized carbons (Fsp3) is 0.522. The van der Waals surface area contributed by atoms with E-state index in [2.05, 4.69) is 45.9 Å². The molecule has 0 spiro atoms. The molecule has 0 unspecified atom stereocenters. The van der Waals surface area contributed by atoms with E-state index in [0.717, 1.165) is 47.4 Å². The Morgan fingerprint density at radius 3 is 2.58 bits per heavy atom. The Balaban J connectivity index is 1.53. The third-order valence-corrected chi connectivity index (χ3v) is 6.64. The summed E-state index contributed by atoms with van der Waals surface area (Å²) in [4.78, 5) is 13.3. The molecule has 2 saturated heterocycles. The van der Waals surface area contributed by atoms with Gasteiger partial charge in [-0.25, -0.2) is 19.0 Å². The summed E-state index contributed by atoms with van der Waals surface area (Å²) in [6.07, 6.45) is 1.49. The van der Waals surface area contributed by atoms with Crippen molar-refractivity contribution in [2.24, 2.45) is 0 Å². The number of aliphatic hydroxyl groups excluding tert-OH is 1. The van der Waals surface area contributed by atoms with E-state index in [1.54, 1.807) is 0 Å². The van der Waals surface area contributed by atoms with Crippen molar-refractivity contribution >= 4 is 16.7 Å². The van der Waals surface area contributed by atoms with Gasteiger partial charge < -0.3 is 14.9 Å². The minimum atomic E-state index is -0.869. The Hall–Kier alpha value is -2.58. The number of aryl methyl sites for hydroxylation is 2. The van der Waals surface area contributed by atoms with Crippen LogP contribution in [0.15, 0.2) is 24.4 Å². The molecule has 2 aliphatic heterocycles. The molecule has 0 radical (unpaired) electrons. The summed E-state index contributed by atoms with van der Waals surface area (Å²) in [5.41, 5.74) is 3.10. The molecule has 0 aliphatic carbocycles. The van der Waals surface area contributed by atoms with E-state index >= 15 is 4.39 Å². The van der Waals surface area contributed by atoms with Crippen molar-refractivity contribution in [3.05, 3.63) is 41.3 Å². The zero-order valence-corrected chi connectivity index (χ0v) is 18.3. The van der Waals surface area contributed by atoms with Gasteiger partial charge in [0.1, 0.15) is 17.8 Å². The normalized spacial score (nSPS) is 22.8. The van der Waals surface area contributed by atoms with Gasteiger partial charge >= 0.3 is 0 Å². The lowest BCUT2D eigenvalue weighted by atomic mass is 9.85. The summed E-state index contributed by atoms with van der Waals surface area (Å²) < 4.78 is 16.9. The molecule has 8 heteroatoms. The highest BCUT2D eigenvalue weighted by atomic mass is 19.1. The molecule has 164 valence electrons. The molecular weight excluding hydrogens is 395 g/mol. The van der Waals surface area contributed by atoms with Crippen LogP contribution >= 0.6 is 0 Å². The third-order valence-electron chi connectivity index (χ3n) is 6.64. The Labute approximate surface area is 181 Å². The number of hydrogen-bond donors (Lipinski definition) is 1. The quantitative estimate of drug-likeness (QED) is 0.695. The van der Waals surface area contributed by atoms with Crippen molar-refractivity contribution in [3.63, 3.8) is 0 Å². The van der Waals surface area contributed by atoms with Crippen LogP contribution in [0.4, 0.5) is 10.2 Å². The van der Waals surface area contributed by atoms with E-state index < -0.39 is 6.17 Å². The van der Waals surface area contributed by atoms with Crippen molar-refractivity contribution in [1.29, 1.82) is 0 Å². The van der Waals surface area contributed by atoms with Crippen LogP contribution in [0.3, 0.4) is 0 Å². The molecule has 3 aromatic rings. The van der Waals surface area contributed by atoms with Gasteiger partial charge in [-0.2, -0.15) is 5.10 Å². The second-order valence-electron chi connectivity index (χ2n) is 8.82. The van der Waals surface area contributed by atoms with Gasteiger partial charge in [0.05, 0.1) is 17.8 Å². The Morgan fingerprint density at radius 2 is 1.87 bits per heavy atom. The number of fused-ring (bicyclic) bond motifs is 1. The van der Waals surface area contributed by atoms with Crippen LogP contribution in [0.2, 0.25) is 0 Å². The van der Waals surface area contributed by atoms with Crippen LogP contribution in [0.25, 0.3) is 16.7 Å². The lowest BCUT2D eigenvalue weighted by molar-refractivity contribution is 0.122. The molecule has 2 aliphatic rings. The SMILES string of the molecule is CCN1CC[C@@H](c2cc3c(cnn3-c3cc(N4CC(O)C4)nc(C)n3)cc2C)[C@@H](F)C1. The van der Waals surface area contributed by atoms with Crippen LogP contribution in [0.5, 0.6) is 0 Å². The van der Waals surface area contributed by atoms with E-state index in [-0.39, 0.29) is 12.0 Å². The molecular formula is C23H29FN6O. The summed E-state index contributed by atoms with van der Waals surface area (Å²) in [5.74, 6) is 2.03. The van der Waals surface area contributed by atoms with Gasteiger partial charge in [-0.3, -0.25) is 0 Å². The minimum Gasteiger partial charge on any atom is -0.389 e. The van der Waals surface area contributed by atoms with Gasteiger partial charge in [-0.05, 0) is 56.6 Å². The molecule has 4 heterocycles. The van der Waals surface area contributed by atoms with Crippen LogP contribution in [0.1, 0.15) is 36.2 Å². The van der Waals surface area contributed by atoms with E-state index in [1.165, 1.54) is 0 Å². The number of aliphatic hydroxyl groups is 1. The van der Waals surface area contributed by atoms with Crippen molar-refractivity contribution in [1.82, 2.24) is 24.6 Å². The zero-order chi connectivity index (χ0) is 21.7. The maximum absolute atomic E-state index is 15.1. The fourth-order valence-corrected chi connectivity index (χ4v) is 4.84. The molecule has 31 heavy (non-hydrogen) atoms.